The number of nitrogens with two attached hydrogens (primary N) is 1. The van der Waals surface area contributed by atoms with Crippen LogP contribution in [0.25, 0.3) is 0 Å². The molecular weight excluding hydrogens is 232 g/mol. The zero-order valence-electron chi connectivity index (χ0n) is 9.80. The number of benzene rings is 1. The second-order valence-corrected chi connectivity index (χ2v) is 6.10. The van der Waals surface area contributed by atoms with E-state index in [4.69, 9.17) is 5.73 Å². The van der Waals surface area contributed by atoms with Gasteiger partial charge in [-0.1, -0.05) is 30.3 Å². The molecule has 90 valence electrons. The Kier molecular flexibility index (Phi) is 2.45. The Hall–Kier alpha value is -1.00. The number of thioether (sulfide) groups is 1. The second-order valence-electron chi connectivity index (χ2n) is 4.89. The highest BCUT2D eigenvalue weighted by Crippen LogP contribution is 2.44. The molecule has 0 aromatic heterocycles. The molecule has 2 saturated heterocycles. The molecule has 0 unspecified atom stereocenters. The van der Waals surface area contributed by atoms with E-state index in [1.807, 2.05) is 47.0 Å². The van der Waals surface area contributed by atoms with Gasteiger partial charge in [0.2, 0.25) is 5.91 Å². The molecule has 1 aromatic rings. The van der Waals surface area contributed by atoms with Crippen LogP contribution in [0.1, 0.15) is 18.9 Å². The number of rotatable bonds is 1. The van der Waals surface area contributed by atoms with Gasteiger partial charge < -0.3 is 10.6 Å². The van der Waals surface area contributed by atoms with Gasteiger partial charge in [0, 0.05) is 18.2 Å². The molecule has 2 aliphatic heterocycles. The molecule has 1 aromatic carbocycles. The highest BCUT2D eigenvalue weighted by Gasteiger charge is 2.54. The molecule has 2 N–H and O–H groups in total. The number of hydrogen-bond donors (Lipinski definition) is 1. The molecule has 3 rings (SSSR count). The van der Waals surface area contributed by atoms with Crippen molar-refractivity contribution in [1.82, 2.24) is 4.90 Å². The van der Waals surface area contributed by atoms with Gasteiger partial charge in [-0.2, -0.15) is 0 Å². The zero-order valence-corrected chi connectivity index (χ0v) is 10.6. The minimum atomic E-state index is -0.812. The smallest absolute Gasteiger partial charge is 0.248 e. The lowest BCUT2D eigenvalue weighted by Gasteiger charge is -2.25. The molecule has 3 nitrogen and oxygen atoms in total. The Balaban J connectivity index is 1.98. The van der Waals surface area contributed by atoms with Crippen LogP contribution in [0, 0.1) is 0 Å². The molecule has 0 aliphatic carbocycles. The summed E-state index contributed by atoms with van der Waals surface area (Å²) in [6, 6.07) is 10.1. The summed E-state index contributed by atoms with van der Waals surface area (Å²) in [4.78, 5) is 14.5. The molecule has 17 heavy (non-hydrogen) atoms. The first-order chi connectivity index (χ1) is 8.13. The fourth-order valence-corrected chi connectivity index (χ4v) is 4.26. The number of fused-ring (bicyclic) bond motifs is 1. The molecule has 4 heteroatoms. The Morgan fingerprint density at radius 3 is 2.76 bits per heavy atom. The van der Waals surface area contributed by atoms with Crippen molar-refractivity contribution < 1.29 is 4.79 Å². The minimum Gasteiger partial charge on any atom is -0.325 e. The lowest BCUT2D eigenvalue weighted by Crippen LogP contribution is -2.47. The predicted octanol–water partition coefficient (Wildman–Crippen LogP) is 1.53. The third-order valence-electron chi connectivity index (χ3n) is 3.72. The number of amides is 1. The van der Waals surface area contributed by atoms with Gasteiger partial charge in [0.05, 0.1) is 5.37 Å². The summed E-state index contributed by atoms with van der Waals surface area (Å²) in [6.07, 6.45) is 0.727. The topological polar surface area (TPSA) is 46.3 Å². The third-order valence-corrected chi connectivity index (χ3v) is 5.17. The van der Waals surface area contributed by atoms with E-state index in [-0.39, 0.29) is 11.3 Å². The Bertz CT molecular complexity index is 450. The minimum absolute atomic E-state index is 0.0891. The monoisotopic (exact) mass is 248 g/mol. The van der Waals surface area contributed by atoms with Crippen LogP contribution in [0.4, 0.5) is 0 Å². The maximum atomic E-state index is 12.5. The van der Waals surface area contributed by atoms with Crippen LogP contribution in [0.3, 0.4) is 0 Å². The van der Waals surface area contributed by atoms with Crippen molar-refractivity contribution in [3.8, 4) is 0 Å². The van der Waals surface area contributed by atoms with Gasteiger partial charge in [0.1, 0.15) is 5.54 Å². The van der Waals surface area contributed by atoms with Gasteiger partial charge in [-0.25, -0.2) is 0 Å². The fourth-order valence-electron chi connectivity index (χ4n) is 2.75. The third kappa shape index (κ3) is 1.51. The normalized spacial score (nSPS) is 36.4. The molecule has 0 saturated carbocycles. The van der Waals surface area contributed by atoms with E-state index in [2.05, 4.69) is 6.92 Å². The van der Waals surface area contributed by atoms with E-state index < -0.39 is 5.54 Å². The van der Waals surface area contributed by atoms with E-state index in [1.54, 1.807) is 0 Å². The van der Waals surface area contributed by atoms with Gasteiger partial charge in [0.25, 0.3) is 0 Å². The second kappa shape index (κ2) is 3.75. The predicted molar refractivity (Wildman–Crippen MR) is 69.5 cm³/mol. The van der Waals surface area contributed by atoms with Crippen molar-refractivity contribution >= 4 is 17.7 Å². The molecule has 0 radical (unpaired) electrons. The Morgan fingerprint density at radius 1 is 1.41 bits per heavy atom. The first-order valence-electron chi connectivity index (χ1n) is 5.92. The maximum Gasteiger partial charge on any atom is 0.248 e. The van der Waals surface area contributed by atoms with E-state index in [0.29, 0.717) is 6.04 Å². The largest absolute Gasteiger partial charge is 0.325 e. The molecule has 0 spiro atoms. The van der Waals surface area contributed by atoms with Gasteiger partial charge in [-0.3, -0.25) is 4.79 Å². The van der Waals surface area contributed by atoms with Crippen LogP contribution < -0.4 is 5.73 Å². The van der Waals surface area contributed by atoms with E-state index >= 15 is 0 Å². The summed E-state index contributed by atoms with van der Waals surface area (Å²) in [6.45, 7) is 2.10. The van der Waals surface area contributed by atoms with Crippen LogP contribution >= 0.6 is 11.8 Å². The van der Waals surface area contributed by atoms with Crippen LogP contribution in [0.15, 0.2) is 30.3 Å². The highest BCUT2D eigenvalue weighted by molar-refractivity contribution is 8.00. The molecule has 2 heterocycles. The quantitative estimate of drug-likeness (QED) is 0.820. The zero-order chi connectivity index (χ0) is 12.0. The summed E-state index contributed by atoms with van der Waals surface area (Å²) < 4.78 is 0. The van der Waals surface area contributed by atoms with Gasteiger partial charge in [-0.15, -0.1) is 11.8 Å². The number of hydrogen-bond acceptors (Lipinski definition) is 3. The molecule has 1 amide bonds. The van der Waals surface area contributed by atoms with Gasteiger partial charge in [0.15, 0.2) is 0 Å². The maximum absolute atomic E-state index is 12.5. The van der Waals surface area contributed by atoms with E-state index in [9.17, 15) is 4.79 Å². The number of carbonyl (C=O) groups is 1. The van der Waals surface area contributed by atoms with Crippen LogP contribution in [0.2, 0.25) is 0 Å². The first-order valence-corrected chi connectivity index (χ1v) is 6.96. The summed E-state index contributed by atoms with van der Waals surface area (Å²) in [7, 11) is 0. The number of carbonyl (C=O) groups excluding carboxylic acids is 1. The van der Waals surface area contributed by atoms with Crippen molar-refractivity contribution in [1.29, 1.82) is 0 Å². The summed E-state index contributed by atoms with van der Waals surface area (Å²) >= 11 is 1.85. The SMILES string of the molecule is C[C@@H]1CS[C@H]2C[C@@](N)(c3ccccc3)C(=O)N12. The Labute approximate surface area is 105 Å². The molecular formula is C13H16N2OS. The summed E-state index contributed by atoms with van der Waals surface area (Å²) in [5.74, 6) is 1.12. The van der Waals surface area contributed by atoms with Gasteiger partial charge in [-0.05, 0) is 12.5 Å². The Morgan fingerprint density at radius 2 is 2.12 bits per heavy atom. The summed E-state index contributed by atoms with van der Waals surface area (Å²) in [5, 5.41) is 0.266. The first kappa shape index (κ1) is 11.1. The molecule has 2 fully saturated rings. The average Bonchev–Trinajstić information content (AvgIpc) is 2.82. The lowest BCUT2D eigenvalue weighted by molar-refractivity contribution is -0.133. The van der Waals surface area contributed by atoms with Crippen molar-refractivity contribution in [2.24, 2.45) is 5.73 Å². The molecule has 3 atom stereocenters. The van der Waals surface area contributed by atoms with Crippen molar-refractivity contribution in [2.45, 2.75) is 30.3 Å². The average molecular weight is 248 g/mol. The van der Waals surface area contributed by atoms with Crippen LogP contribution in [-0.2, 0) is 10.3 Å². The number of nitrogens with zero attached hydrogens (tertiary/aromatic N) is 1. The lowest BCUT2D eigenvalue weighted by atomic mass is 9.89. The van der Waals surface area contributed by atoms with Crippen molar-refractivity contribution in [3.05, 3.63) is 35.9 Å². The van der Waals surface area contributed by atoms with Gasteiger partial charge >= 0.3 is 0 Å². The van der Waals surface area contributed by atoms with Crippen LogP contribution in [-0.4, -0.2) is 28.0 Å². The summed E-state index contributed by atoms with van der Waals surface area (Å²) in [5.41, 5.74) is 6.50. The van der Waals surface area contributed by atoms with Crippen molar-refractivity contribution in [2.75, 3.05) is 5.75 Å². The van der Waals surface area contributed by atoms with E-state index in [0.717, 1.165) is 17.7 Å². The standard InChI is InChI=1S/C13H16N2OS/c1-9-8-17-11-7-13(14,12(16)15(9)11)10-5-3-2-4-6-10/h2-6,9,11H,7-8,14H2,1H3/t9-,11+,13-/m1/s1. The molecule has 0 bridgehead atoms. The fraction of sp³-hybridized carbons (Fsp3) is 0.462. The van der Waals surface area contributed by atoms with Crippen LogP contribution in [0.5, 0.6) is 0 Å². The van der Waals surface area contributed by atoms with E-state index in [1.165, 1.54) is 0 Å². The molecule has 2 aliphatic rings. The highest BCUT2D eigenvalue weighted by atomic mass is 32.2. The van der Waals surface area contributed by atoms with Crippen molar-refractivity contribution in [3.63, 3.8) is 0 Å².